The summed E-state index contributed by atoms with van der Waals surface area (Å²) in [7, 11) is 0. The Kier molecular flexibility index (Phi) is 7.94. The molecule has 32 heavy (non-hydrogen) atoms. The first-order chi connectivity index (χ1) is 15.2. The van der Waals surface area contributed by atoms with E-state index in [0.717, 1.165) is 17.7 Å². The lowest BCUT2D eigenvalue weighted by atomic mass is 9.96. The van der Waals surface area contributed by atoms with Crippen LogP contribution < -0.4 is 10.6 Å². The number of ether oxygens (including phenoxy) is 2. The molecule has 2 aliphatic rings. The molecule has 11 heteroatoms. The summed E-state index contributed by atoms with van der Waals surface area (Å²) < 4.78 is 46.3. The molecular weight excluding hydrogens is 431 g/mol. The fraction of sp³-hybridized carbons (Fsp3) is 0.571. The van der Waals surface area contributed by atoms with Crippen molar-refractivity contribution in [2.45, 2.75) is 38.0 Å². The second kappa shape index (κ2) is 10.7. The van der Waals surface area contributed by atoms with Crippen LogP contribution in [0.1, 0.15) is 36.0 Å². The van der Waals surface area contributed by atoms with Crippen LogP contribution in [0.5, 0.6) is 0 Å². The van der Waals surface area contributed by atoms with Crippen LogP contribution in [0.15, 0.2) is 24.3 Å². The van der Waals surface area contributed by atoms with Crippen LogP contribution in [-0.4, -0.2) is 67.9 Å². The second-order valence-corrected chi connectivity index (χ2v) is 7.81. The monoisotopic (exact) mass is 457 g/mol. The van der Waals surface area contributed by atoms with Gasteiger partial charge in [-0.3, -0.25) is 9.59 Å². The number of hydrogen-bond acceptors (Lipinski definition) is 5. The number of nitrogens with zero attached hydrogens (tertiary/aromatic N) is 1. The highest BCUT2D eigenvalue weighted by Gasteiger charge is 2.33. The van der Waals surface area contributed by atoms with Crippen LogP contribution >= 0.6 is 0 Å². The van der Waals surface area contributed by atoms with Crippen LogP contribution in [-0.2, 0) is 14.3 Å². The van der Waals surface area contributed by atoms with Gasteiger partial charge in [-0.2, -0.15) is 13.2 Å². The Morgan fingerprint density at radius 1 is 1.12 bits per heavy atom. The number of rotatable bonds is 6. The number of carbonyl (C=O) groups is 3. The van der Waals surface area contributed by atoms with Crippen molar-refractivity contribution in [2.75, 3.05) is 38.2 Å². The van der Waals surface area contributed by atoms with Gasteiger partial charge in [-0.25, -0.2) is 4.79 Å². The van der Waals surface area contributed by atoms with E-state index < -0.39 is 24.8 Å². The standard InChI is InChI=1S/C21H26F3N3O5/c22-21(23,24)13-32-20(30)27-9-7-14(8-10-27)18(28)26-17-6-2-1-5-16(17)19(29)25-12-15-4-3-11-31-15/h1-2,5-6,14-15H,3-4,7-13H2,(H,25,29)(H,26,28). The number of anilines is 1. The third-order valence-electron chi connectivity index (χ3n) is 5.43. The Labute approximate surface area is 183 Å². The van der Waals surface area contributed by atoms with E-state index in [1.54, 1.807) is 24.3 Å². The molecule has 0 radical (unpaired) electrons. The molecule has 0 saturated carbocycles. The molecule has 1 aromatic carbocycles. The van der Waals surface area contributed by atoms with Gasteiger partial charge in [0.05, 0.1) is 17.4 Å². The van der Waals surface area contributed by atoms with E-state index in [4.69, 9.17) is 4.74 Å². The summed E-state index contributed by atoms with van der Waals surface area (Å²) in [5, 5.41) is 5.59. The molecule has 0 aromatic heterocycles. The zero-order chi connectivity index (χ0) is 23.1. The zero-order valence-electron chi connectivity index (χ0n) is 17.5. The predicted molar refractivity (Wildman–Crippen MR) is 108 cm³/mol. The topological polar surface area (TPSA) is 97.0 Å². The maximum absolute atomic E-state index is 12.7. The molecule has 3 amide bonds. The molecule has 0 aliphatic carbocycles. The highest BCUT2D eigenvalue weighted by molar-refractivity contribution is 6.04. The minimum atomic E-state index is -4.59. The van der Waals surface area contributed by atoms with E-state index in [1.807, 2.05) is 0 Å². The first kappa shape index (κ1) is 23.8. The van der Waals surface area contributed by atoms with Gasteiger partial charge in [0.25, 0.3) is 5.91 Å². The highest BCUT2D eigenvalue weighted by atomic mass is 19.4. The number of piperidine rings is 1. The first-order valence-corrected chi connectivity index (χ1v) is 10.5. The molecule has 2 fully saturated rings. The normalized spacial score (nSPS) is 19.5. The molecule has 2 saturated heterocycles. The number of amides is 3. The van der Waals surface area contributed by atoms with Crippen molar-refractivity contribution in [3.05, 3.63) is 29.8 Å². The van der Waals surface area contributed by atoms with Crippen molar-refractivity contribution in [3.63, 3.8) is 0 Å². The van der Waals surface area contributed by atoms with Crippen molar-refractivity contribution in [3.8, 4) is 0 Å². The van der Waals surface area contributed by atoms with Crippen molar-refractivity contribution in [1.29, 1.82) is 0 Å². The summed E-state index contributed by atoms with van der Waals surface area (Å²) in [4.78, 5) is 38.2. The van der Waals surface area contributed by atoms with Crippen LogP contribution in [0.4, 0.5) is 23.7 Å². The molecule has 2 heterocycles. The Morgan fingerprint density at radius 3 is 2.50 bits per heavy atom. The summed E-state index contributed by atoms with van der Waals surface area (Å²) in [6.07, 6.45) is -3.23. The van der Waals surface area contributed by atoms with E-state index in [-0.39, 0.29) is 43.8 Å². The van der Waals surface area contributed by atoms with Gasteiger partial charge < -0.3 is 25.0 Å². The molecule has 0 bridgehead atoms. The lowest BCUT2D eigenvalue weighted by Crippen LogP contribution is -2.42. The average molecular weight is 457 g/mol. The van der Waals surface area contributed by atoms with E-state index >= 15 is 0 Å². The largest absolute Gasteiger partial charge is 0.440 e. The summed E-state index contributed by atoms with van der Waals surface area (Å²) in [5.74, 6) is -1.07. The van der Waals surface area contributed by atoms with E-state index in [2.05, 4.69) is 15.4 Å². The Hall–Kier alpha value is -2.82. The average Bonchev–Trinajstić information content (AvgIpc) is 3.29. The number of likely N-dealkylation sites (tertiary alicyclic amines) is 1. The molecule has 1 atom stereocenters. The lowest BCUT2D eigenvalue weighted by molar-refractivity contribution is -0.162. The lowest BCUT2D eigenvalue weighted by Gasteiger charge is -2.30. The molecule has 1 aromatic rings. The number of hydrogen-bond donors (Lipinski definition) is 2. The first-order valence-electron chi connectivity index (χ1n) is 10.5. The number of nitrogens with one attached hydrogen (secondary N) is 2. The maximum Gasteiger partial charge on any atom is 0.422 e. The number of para-hydroxylation sites is 1. The molecule has 0 spiro atoms. The van der Waals surface area contributed by atoms with E-state index in [9.17, 15) is 27.6 Å². The number of carbonyl (C=O) groups excluding carboxylic acids is 3. The van der Waals surface area contributed by atoms with Gasteiger partial charge >= 0.3 is 12.3 Å². The van der Waals surface area contributed by atoms with Gasteiger partial charge in [0.15, 0.2) is 6.61 Å². The quantitative estimate of drug-likeness (QED) is 0.685. The third kappa shape index (κ3) is 6.84. The number of alkyl halides is 3. The van der Waals surface area contributed by atoms with E-state index in [1.165, 1.54) is 0 Å². The van der Waals surface area contributed by atoms with Gasteiger partial charge in [-0.1, -0.05) is 12.1 Å². The van der Waals surface area contributed by atoms with Gasteiger partial charge in [0, 0.05) is 32.2 Å². The van der Waals surface area contributed by atoms with Crippen LogP contribution in [0.3, 0.4) is 0 Å². The number of benzene rings is 1. The molecule has 176 valence electrons. The maximum atomic E-state index is 12.7. The minimum absolute atomic E-state index is 0.00582. The van der Waals surface area contributed by atoms with Gasteiger partial charge in [0.1, 0.15) is 0 Å². The minimum Gasteiger partial charge on any atom is -0.440 e. The fourth-order valence-electron chi connectivity index (χ4n) is 3.69. The number of halogens is 3. The fourth-order valence-corrected chi connectivity index (χ4v) is 3.69. The van der Waals surface area contributed by atoms with Crippen molar-refractivity contribution in [1.82, 2.24) is 10.2 Å². The highest BCUT2D eigenvalue weighted by Crippen LogP contribution is 2.23. The summed E-state index contributed by atoms with van der Waals surface area (Å²) in [6.45, 7) is -0.343. The van der Waals surface area contributed by atoms with Gasteiger partial charge in [-0.05, 0) is 37.8 Å². The molecule has 3 rings (SSSR count). The molecule has 8 nitrogen and oxygen atoms in total. The van der Waals surface area contributed by atoms with Crippen molar-refractivity contribution >= 4 is 23.6 Å². The van der Waals surface area contributed by atoms with Crippen molar-refractivity contribution in [2.24, 2.45) is 5.92 Å². The molecule has 1 unspecified atom stereocenters. The second-order valence-electron chi connectivity index (χ2n) is 7.81. The Bertz CT molecular complexity index is 819. The SMILES string of the molecule is O=C(NCC1CCCO1)c1ccccc1NC(=O)C1CCN(C(=O)OCC(F)(F)F)CC1. The summed E-state index contributed by atoms with van der Waals surface area (Å²) in [5.41, 5.74) is 0.696. The van der Waals surface area contributed by atoms with Crippen LogP contribution in [0.2, 0.25) is 0 Å². The molecular formula is C21H26F3N3O5. The van der Waals surface area contributed by atoms with Gasteiger partial charge in [0.2, 0.25) is 5.91 Å². The molecule has 2 N–H and O–H groups in total. The molecule has 2 aliphatic heterocycles. The zero-order valence-corrected chi connectivity index (χ0v) is 17.5. The van der Waals surface area contributed by atoms with Crippen LogP contribution in [0, 0.1) is 5.92 Å². The smallest absolute Gasteiger partial charge is 0.422 e. The third-order valence-corrected chi connectivity index (χ3v) is 5.43. The Morgan fingerprint density at radius 2 is 1.84 bits per heavy atom. The van der Waals surface area contributed by atoms with Crippen molar-refractivity contribution < 1.29 is 37.0 Å². The Balaban J connectivity index is 1.50. The summed E-state index contributed by atoms with van der Waals surface area (Å²) in [6, 6.07) is 6.63. The predicted octanol–water partition coefficient (Wildman–Crippen LogP) is 2.94. The summed E-state index contributed by atoms with van der Waals surface area (Å²) >= 11 is 0. The van der Waals surface area contributed by atoms with Gasteiger partial charge in [-0.15, -0.1) is 0 Å². The van der Waals surface area contributed by atoms with E-state index in [0.29, 0.717) is 24.4 Å². The van der Waals surface area contributed by atoms with Crippen LogP contribution in [0.25, 0.3) is 0 Å².